The van der Waals surface area contributed by atoms with Crippen molar-refractivity contribution in [2.45, 2.75) is 12.7 Å². The van der Waals surface area contributed by atoms with Crippen LogP contribution in [-0.2, 0) is 11.3 Å². The summed E-state index contributed by atoms with van der Waals surface area (Å²) < 4.78 is 5.82. The van der Waals surface area contributed by atoms with Crippen LogP contribution in [0.5, 0.6) is 0 Å². The summed E-state index contributed by atoms with van der Waals surface area (Å²) in [6.45, 7) is 1.49. The molecular weight excluding hydrogens is 226 g/mol. The van der Waals surface area contributed by atoms with Crippen molar-refractivity contribution in [2.24, 2.45) is 0 Å². The highest BCUT2D eigenvalue weighted by Gasteiger charge is 2.25. The van der Waals surface area contributed by atoms with Gasteiger partial charge in [-0.05, 0) is 24.2 Å². The summed E-state index contributed by atoms with van der Waals surface area (Å²) >= 11 is 0. The molecule has 1 N–H and O–H groups in total. The first-order chi connectivity index (χ1) is 8.90. The lowest BCUT2D eigenvalue weighted by Crippen LogP contribution is -2.16. The van der Waals surface area contributed by atoms with Crippen LogP contribution in [-0.4, -0.2) is 23.6 Å². The van der Waals surface area contributed by atoms with Gasteiger partial charge in [-0.15, -0.1) is 0 Å². The maximum Gasteiger partial charge on any atom is 0.116 e. The van der Waals surface area contributed by atoms with E-state index in [1.54, 1.807) is 12.5 Å². The molecule has 18 heavy (non-hydrogen) atoms. The molecular formula is C14H15N3O. The Morgan fingerprint density at radius 2 is 2.33 bits per heavy atom. The normalized spacial score (nSPS) is 17.7. The quantitative estimate of drug-likeness (QED) is 0.892. The van der Waals surface area contributed by atoms with E-state index < -0.39 is 0 Å². The molecule has 0 saturated heterocycles. The number of nitrogens with zero attached hydrogens (tertiary/aromatic N) is 2. The molecule has 1 aromatic carbocycles. The highest BCUT2D eigenvalue weighted by atomic mass is 16.5. The molecule has 0 saturated carbocycles. The lowest BCUT2D eigenvalue weighted by Gasteiger charge is -2.10. The Morgan fingerprint density at radius 1 is 1.39 bits per heavy atom. The molecule has 2 aromatic rings. The fraction of sp³-hybridized carbons (Fsp3) is 0.286. The fourth-order valence-corrected chi connectivity index (χ4v) is 2.39. The molecule has 2 heterocycles. The minimum Gasteiger partial charge on any atom is -0.367 e. The highest BCUT2D eigenvalue weighted by Crippen LogP contribution is 2.36. The first kappa shape index (κ1) is 11.3. The third-order valence-electron chi connectivity index (χ3n) is 3.24. The van der Waals surface area contributed by atoms with Gasteiger partial charge >= 0.3 is 0 Å². The number of likely N-dealkylation sites (N-methyl/N-ethyl adjacent to an activating group) is 1. The second-order valence-corrected chi connectivity index (χ2v) is 4.33. The summed E-state index contributed by atoms with van der Waals surface area (Å²) in [5.41, 5.74) is 4.61. The average molecular weight is 241 g/mol. The molecule has 92 valence electrons. The van der Waals surface area contributed by atoms with Crippen LogP contribution >= 0.6 is 0 Å². The third kappa shape index (κ3) is 1.89. The molecule has 4 heteroatoms. The minimum atomic E-state index is 0.145. The number of benzene rings is 1. The zero-order valence-electron chi connectivity index (χ0n) is 10.3. The van der Waals surface area contributed by atoms with E-state index in [2.05, 4.69) is 33.5 Å². The van der Waals surface area contributed by atoms with Crippen molar-refractivity contribution >= 4 is 0 Å². The van der Waals surface area contributed by atoms with E-state index in [1.807, 2.05) is 13.1 Å². The second-order valence-electron chi connectivity index (χ2n) is 4.33. The first-order valence-electron chi connectivity index (χ1n) is 6.04. The van der Waals surface area contributed by atoms with E-state index in [1.165, 1.54) is 11.1 Å². The lowest BCUT2D eigenvalue weighted by atomic mass is 9.98. The van der Waals surface area contributed by atoms with E-state index >= 15 is 0 Å². The molecule has 1 aromatic heterocycles. The Kier molecular flexibility index (Phi) is 3.04. The van der Waals surface area contributed by atoms with E-state index in [0.29, 0.717) is 6.61 Å². The highest BCUT2D eigenvalue weighted by molar-refractivity contribution is 5.65. The average Bonchev–Trinajstić information content (AvgIpc) is 2.84. The van der Waals surface area contributed by atoms with Crippen LogP contribution in [0, 0.1) is 0 Å². The number of aromatic nitrogens is 2. The Bertz CT molecular complexity index is 542. The van der Waals surface area contributed by atoms with Crippen LogP contribution in [0.1, 0.15) is 17.2 Å². The second kappa shape index (κ2) is 4.84. The summed E-state index contributed by atoms with van der Waals surface area (Å²) in [7, 11) is 1.94. The summed E-state index contributed by atoms with van der Waals surface area (Å²) in [6.07, 6.45) is 3.49. The van der Waals surface area contributed by atoms with Gasteiger partial charge in [-0.25, -0.2) is 9.97 Å². The van der Waals surface area contributed by atoms with Crippen molar-refractivity contribution in [1.29, 1.82) is 0 Å². The van der Waals surface area contributed by atoms with E-state index in [-0.39, 0.29) is 6.10 Å². The van der Waals surface area contributed by atoms with Gasteiger partial charge in [-0.1, -0.05) is 18.2 Å². The van der Waals surface area contributed by atoms with Gasteiger partial charge in [0.2, 0.25) is 0 Å². The van der Waals surface area contributed by atoms with Crippen LogP contribution in [0.25, 0.3) is 11.3 Å². The number of rotatable bonds is 3. The molecule has 1 aliphatic rings. The standard InChI is InChI=1S/C14H15N3O/c1-15-7-14-11-4-2-3-10(12(11)8-18-14)13-5-6-16-9-17-13/h2-6,9,14-15H,7-8H2,1H3/t14-/m0/s1. The number of fused-ring (bicyclic) bond motifs is 1. The van der Waals surface area contributed by atoms with Gasteiger partial charge in [0.05, 0.1) is 18.4 Å². The van der Waals surface area contributed by atoms with Gasteiger partial charge in [0.15, 0.2) is 0 Å². The fourth-order valence-electron chi connectivity index (χ4n) is 2.39. The molecule has 0 bridgehead atoms. The number of hydrogen-bond donors (Lipinski definition) is 1. The molecule has 1 aliphatic heterocycles. The zero-order chi connectivity index (χ0) is 12.4. The van der Waals surface area contributed by atoms with Crippen LogP contribution < -0.4 is 5.32 Å². The summed E-state index contributed by atoms with van der Waals surface area (Å²) in [5, 5.41) is 3.16. The van der Waals surface area contributed by atoms with Crippen LogP contribution in [0.4, 0.5) is 0 Å². The Labute approximate surface area is 106 Å². The SMILES string of the molecule is CNC[C@@H]1OCc2c(-c3ccncn3)cccc21. The molecule has 0 fully saturated rings. The molecule has 0 spiro atoms. The maximum absolute atomic E-state index is 5.82. The number of hydrogen-bond acceptors (Lipinski definition) is 4. The van der Waals surface area contributed by atoms with Crippen molar-refractivity contribution in [3.05, 3.63) is 47.9 Å². The van der Waals surface area contributed by atoms with Gasteiger partial charge in [0, 0.05) is 18.3 Å². The minimum absolute atomic E-state index is 0.145. The smallest absolute Gasteiger partial charge is 0.116 e. The molecule has 4 nitrogen and oxygen atoms in total. The molecule has 0 radical (unpaired) electrons. The summed E-state index contributed by atoms with van der Waals surface area (Å²) in [4.78, 5) is 8.27. The van der Waals surface area contributed by atoms with Crippen molar-refractivity contribution in [3.63, 3.8) is 0 Å². The monoisotopic (exact) mass is 241 g/mol. The van der Waals surface area contributed by atoms with E-state index in [9.17, 15) is 0 Å². The van der Waals surface area contributed by atoms with Crippen LogP contribution in [0.3, 0.4) is 0 Å². The first-order valence-corrected chi connectivity index (χ1v) is 6.04. The number of nitrogens with one attached hydrogen (secondary N) is 1. The molecule has 1 atom stereocenters. The van der Waals surface area contributed by atoms with E-state index in [4.69, 9.17) is 4.74 Å². The van der Waals surface area contributed by atoms with Crippen LogP contribution in [0.15, 0.2) is 36.8 Å². The zero-order valence-corrected chi connectivity index (χ0v) is 10.3. The molecule has 0 amide bonds. The van der Waals surface area contributed by atoms with Crippen molar-refractivity contribution in [3.8, 4) is 11.3 Å². The van der Waals surface area contributed by atoms with Crippen molar-refractivity contribution in [1.82, 2.24) is 15.3 Å². The lowest BCUT2D eigenvalue weighted by molar-refractivity contribution is 0.0675. The number of ether oxygens (including phenoxy) is 1. The molecule has 0 unspecified atom stereocenters. The van der Waals surface area contributed by atoms with Gasteiger partial charge in [-0.3, -0.25) is 0 Å². The van der Waals surface area contributed by atoms with Crippen molar-refractivity contribution < 1.29 is 4.74 Å². The van der Waals surface area contributed by atoms with Gasteiger partial charge < -0.3 is 10.1 Å². The predicted molar refractivity (Wildman–Crippen MR) is 68.9 cm³/mol. The van der Waals surface area contributed by atoms with E-state index in [0.717, 1.165) is 17.8 Å². The topological polar surface area (TPSA) is 47.0 Å². The summed E-state index contributed by atoms with van der Waals surface area (Å²) in [5.74, 6) is 0. The van der Waals surface area contributed by atoms with Crippen LogP contribution in [0.2, 0.25) is 0 Å². The Morgan fingerprint density at radius 3 is 3.11 bits per heavy atom. The largest absolute Gasteiger partial charge is 0.367 e. The third-order valence-corrected chi connectivity index (χ3v) is 3.24. The predicted octanol–water partition coefficient (Wildman–Crippen LogP) is 1.93. The Balaban J connectivity index is 2.04. The van der Waals surface area contributed by atoms with Gasteiger partial charge in [-0.2, -0.15) is 0 Å². The molecule has 0 aliphatic carbocycles. The van der Waals surface area contributed by atoms with Gasteiger partial charge in [0.25, 0.3) is 0 Å². The summed E-state index contributed by atoms with van der Waals surface area (Å²) in [6, 6.07) is 8.22. The maximum atomic E-state index is 5.82. The van der Waals surface area contributed by atoms with Crippen molar-refractivity contribution in [2.75, 3.05) is 13.6 Å². The van der Waals surface area contributed by atoms with Gasteiger partial charge in [0.1, 0.15) is 6.33 Å². The Hall–Kier alpha value is -1.78. The molecule has 3 rings (SSSR count).